The predicted octanol–water partition coefficient (Wildman–Crippen LogP) is 2.72. The van der Waals surface area contributed by atoms with Gasteiger partial charge in [-0.15, -0.1) is 0 Å². The lowest BCUT2D eigenvalue weighted by Gasteiger charge is -2.36. The normalized spacial score (nSPS) is 21.4. The lowest BCUT2D eigenvalue weighted by molar-refractivity contribution is 0.00694. The molecular formula is C18H25NO5. The number of nitrogens with zero attached hydrogens (tertiary/aromatic N) is 1. The molecule has 6 nitrogen and oxygen atoms in total. The van der Waals surface area contributed by atoms with E-state index in [4.69, 9.17) is 4.74 Å². The molecule has 1 saturated heterocycles. The number of hydrogen-bond donors (Lipinski definition) is 2. The fraction of sp³-hybridized carbons (Fsp3) is 0.556. The standard InChI is InChI=1S/C18H25NO5/c1-18(2,3)24-16(21)13-6-4-12(5-7-13)15-10-19(17(22)23)9-8-14(15)11-20/h4-7,14-15,20H,8-11H2,1-3H3,(H,22,23)/t14-,15-/m1/s1. The molecule has 1 fully saturated rings. The zero-order valence-corrected chi connectivity index (χ0v) is 14.4. The summed E-state index contributed by atoms with van der Waals surface area (Å²) >= 11 is 0. The molecule has 132 valence electrons. The molecule has 1 aliphatic heterocycles. The minimum Gasteiger partial charge on any atom is -0.465 e. The van der Waals surface area contributed by atoms with Crippen molar-refractivity contribution in [3.8, 4) is 0 Å². The van der Waals surface area contributed by atoms with Crippen molar-refractivity contribution in [1.82, 2.24) is 4.90 Å². The Morgan fingerprint density at radius 1 is 1.25 bits per heavy atom. The molecule has 1 aromatic carbocycles. The van der Waals surface area contributed by atoms with Gasteiger partial charge in [-0.25, -0.2) is 9.59 Å². The van der Waals surface area contributed by atoms with E-state index in [0.717, 1.165) is 5.56 Å². The Hall–Kier alpha value is -2.08. The van der Waals surface area contributed by atoms with Crippen molar-refractivity contribution in [1.29, 1.82) is 0 Å². The van der Waals surface area contributed by atoms with Crippen LogP contribution >= 0.6 is 0 Å². The summed E-state index contributed by atoms with van der Waals surface area (Å²) in [5, 5.41) is 18.8. The fourth-order valence-electron chi connectivity index (χ4n) is 2.97. The van der Waals surface area contributed by atoms with Crippen LogP contribution in [-0.2, 0) is 4.74 Å². The van der Waals surface area contributed by atoms with E-state index in [1.54, 1.807) is 12.1 Å². The number of ether oxygens (including phenoxy) is 1. The second-order valence-electron chi connectivity index (χ2n) is 7.19. The summed E-state index contributed by atoms with van der Waals surface area (Å²) in [6.07, 6.45) is -0.317. The summed E-state index contributed by atoms with van der Waals surface area (Å²) < 4.78 is 5.34. The molecular weight excluding hydrogens is 310 g/mol. The van der Waals surface area contributed by atoms with Crippen LogP contribution in [0.3, 0.4) is 0 Å². The number of hydrogen-bond acceptors (Lipinski definition) is 4. The molecule has 0 unspecified atom stereocenters. The van der Waals surface area contributed by atoms with Crippen LogP contribution in [-0.4, -0.2) is 52.5 Å². The number of rotatable bonds is 3. The number of aliphatic hydroxyl groups excluding tert-OH is 1. The van der Waals surface area contributed by atoms with E-state index in [9.17, 15) is 19.8 Å². The minimum absolute atomic E-state index is 0.0198. The Bertz CT molecular complexity index is 590. The second-order valence-corrected chi connectivity index (χ2v) is 7.19. The van der Waals surface area contributed by atoms with Crippen LogP contribution in [0.15, 0.2) is 24.3 Å². The smallest absolute Gasteiger partial charge is 0.407 e. The molecule has 24 heavy (non-hydrogen) atoms. The van der Waals surface area contributed by atoms with Crippen molar-refractivity contribution >= 4 is 12.1 Å². The SMILES string of the molecule is CC(C)(C)OC(=O)c1ccc([C@H]2CN(C(=O)O)CC[C@@H]2CO)cc1. The molecule has 0 spiro atoms. The molecule has 1 amide bonds. The zero-order valence-electron chi connectivity index (χ0n) is 14.4. The quantitative estimate of drug-likeness (QED) is 0.829. The van der Waals surface area contributed by atoms with Gasteiger partial charge in [-0.2, -0.15) is 0 Å². The van der Waals surface area contributed by atoms with Crippen molar-refractivity contribution in [3.05, 3.63) is 35.4 Å². The molecule has 0 aromatic heterocycles. The molecule has 1 aliphatic rings. The average molecular weight is 335 g/mol. The van der Waals surface area contributed by atoms with Gasteiger partial charge >= 0.3 is 12.1 Å². The Morgan fingerprint density at radius 3 is 2.38 bits per heavy atom. The molecule has 0 bridgehead atoms. The summed E-state index contributed by atoms with van der Waals surface area (Å²) in [7, 11) is 0. The monoisotopic (exact) mass is 335 g/mol. The van der Waals surface area contributed by atoms with Gasteiger partial charge in [0.1, 0.15) is 5.60 Å². The van der Waals surface area contributed by atoms with E-state index in [2.05, 4.69) is 0 Å². The van der Waals surface area contributed by atoms with E-state index in [0.29, 0.717) is 25.1 Å². The molecule has 2 N–H and O–H groups in total. The van der Waals surface area contributed by atoms with Gasteiger partial charge in [-0.05, 0) is 50.8 Å². The maximum absolute atomic E-state index is 12.1. The van der Waals surface area contributed by atoms with E-state index in [1.807, 2.05) is 32.9 Å². The highest BCUT2D eigenvalue weighted by atomic mass is 16.6. The number of piperidine rings is 1. The number of esters is 1. The van der Waals surface area contributed by atoms with E-state index < -0.39 is 11.7 Å². The van der Waals surface area contributed by atoms with E-state index >= 15 is 0 Å². The summed E-state index contributed by atoms with van der Waals surface area (Å²) in [5.41, 5.74) is 0.829. The number of carbonyl (C=O) groups excluding carboxylic acids is 1. The molecule has 0 saturated carbocycles. The van der Waals surface area contributed by atoms with Crippen LogP contribution < -0.4 is 0 Å². The lowest BCUT2D eigenvalue weighted by Crippen LogP contribution is -2.43. The van der Waals surface area contributed by atoms with Gasteiger partial charge in [-0.3, -0.25) is 0 Å². The molecule has 0 radical (unpaired) electrons. The van der Waals surface area contributed by atoms with Crippen LogP contribution in [0, 0.1) is 5.92 Å². The first kappa shape index (κ1) is 18.3. The first-order chi connectivity index (χ1) is 11.2. The second kappa shape index (κ2) is 7.21. The predicted molar refractivity (Wildman–Crippen MR) is 89.1 cm³/mol. The highest BCUT2D eigenvalue weighted by Gasteiger charge is 2.32. The first-order valence-electron chi connectivity index (χ1n) is 8.13. The third-order valence-electron chi connectivity index (χ3n) is 4.23. The Labute approximate surface area is 142 Å². The van der Waals surface area contributed by atoms with Gasteiger partial charge in [0, 0.05) is 25.6 Å². The molecule has 1 aromatic rings. The van der Waals surface area contributed by atoms with Crippen LogP contribution in [0.4, 0.5) is 4.79 Å². The number of likely N-dealkylation sites (tertiary alicyclic amines) is 1. The average Bonchev–Trinajstić information content (AvgIpc) is 2.52. The third kappa shape index (κ3) is 4.47. The molecule has 2 rings (SSSR count). The maximum atomic E-state index is 12.1. The van der Waals surface area contributed by atoms with Gasteiger partial charge in [0.15, 0.2) is 0 Å². The van der Waals surface area contributed by atoms with Crippen LogP contribution in [0.1, 0.15) is 49.0 Å². The molecule has 1 heterocycles. The molecule has 0 aliphatic carbocycles. The number of carboxylic acid groups (broad SMARTS) is 1. The number of aliphatic hydroxyl groups is 1. The highest BCUT2D eigenvalue weighted by Crippen LogP contribution is 2.32. The van der Waals surface area contributed by atoms with E-state index in [-0.39, 0.29) is 24.4 Å². The maximum Gasteiger partial charge on any atom is 0.407 e. The molecule has 6 heteroatoms. The summed E-state index contributed by atoms with van der Waals surface area (Å²) in [5.74, 6) is -0.441. The number of carbonyl (C=O) groups is 2. The Balaban J connectivity index is 2.15. The van der Waals surface area contributed by atoms with Crippen molar-refractivity contribution in [2.24, 2.45) is 5.92 Å². The van der Waals surface area contributed by atoms with Gasteiger partial charge in [0.2, 0.25) is 0 Å². The fourth-order valence-corrected chi connectivity index (χ4v) is 2.97. The van der Waals surface area contributed by atoms with Crippen LogP contribution in [0.25, 0.3) is 0 Å². The summed E-state index contributed by atoms with van der Waals surface area (Å²) in [4.78, 5) is 24.6. The number of benzene rings is 1. The third-order valence-corrected chi connectivity index (χ3v) is 4.23. The van der Waals surface area contributed by atoms with Crippen molar-refractivity contribution < 1.29 is 24.5 Å². The van der Waals surface area contributed by atoms with Gasteiger partial charge in [0.25, 0.3) is 0 Å². The van der Waals surface area contributed by atoms with Crippen LogP contribution in [0.5, 0.6) is 0 Å². The zero-order chi connectivity index (χ0) is 17.9. The van der Waals surface area contributed by atoms with Crippen molar-refractivity contribution in [3.63, 3.8) is 0 Å². The first-order valence-corrected chi connectivity index (χ1v) is 8.13. The summed E-state index contributed by atoms with van der Waals surface area (Å²) in [6, 6.07) is 7.02. The number of amides is 1. The van der Waals surface area contributed by atoms with Crippen LogP contribution in [0.2, 0.25) is 0 Å². The molecule has 2 atom stereocenters. The van der Waals surface area contributed by atoms with Gasteiger partial charge in [0.05, 0.1) is 5.56 Å². The van der Waals surface area contributed by atoms with E-state index in [1.165, 1.54) is 4.90 Å². The Kier molecular flexibility index (Phi) is 5.49. The highest BCUT2D eigenvalue weighted by molar-refractivity contribution is 5.89. The van der Waals surface area contributed by atoms with Crippen molar-refractivity contribution in [2.45, 2.75) is 38.7 Å². The minimum atomic E-state index is -0.943. The lowest BCUT2D eigenvalue weighted by atomic mass is 9.81. The summed E-state index contributed by atoms with van der Waals surface area (Å²) in [6.45, 7) is 6.25. The topological polar surface area (TPSA) is 87.1 Å². The Morgan fingerprint density at radius 2 is 1.88 bits per heavy atom. The largest absolute Gasteiger partial charge is 0.465 e. The van der Waals surface area contributed by atoms with Gasteiger partial charge < -0.3 is 19.8 Å². The van der Waals surface area contributed by atoms with Crippen molar-refractivity contribution in [2.75, 3.05) is 19.7 Å². The van der Waals surface area contributed by atoms with Gasteiger partial charge in [-0.1, -0.05) is 12.1 Å².